The van der Waals surface area contributed by atoms with Gasteiger partial charge in [0.2, 0.25) is 0 Å². The summed E-state index contributed by atoms with van der Waals surface area (Å²) < 4.78 is 32.7. The maximum Gasteiger partial charge on any atom is 0.341 e. The molecule has 0 saturated carbocycles. The number of hydrogen-bond donors (Lipinski definition) is 0. The molecule has 0 aliphatic heterocycles. The first kappa shape index (κ1) is 14.2. The van der Waals surface area contributed by atoms with Crippen molar-refractivity contribution < 1.29 is 18.3 Å². The van der Waals surface area contributed by atoms with E-state index in [1.165, 1.54) is 6.20 Å². The Bertz CT molecular complexity index is 672. The number of hydrogen-bond acceptors (Lipinski definition) is 4. The Kier molecular flexibility index (Phi) is 3.83. The van der Waals surface area contributed by atoms with E-state index in [-0.39, 0.29) is 28.8 Å². The Labute approximate surface area is 115 Å². The number of aromatic nitrogens is 1. The summed E-state index contributed by atoms with van der Waals surface area (Å²) in [5.74, 6) is -1.89. The molecule has 0 N–H and O–H groups in total. The third-order valence-corrected chi connectivity index (χ3v) is 2.84. The molecule has 1 aromatic carbocycles. The normalized spacial score (nSPS) is 10.7. The monoisotopic (exact) mass is 280 g/mol. The van der Waals surface area contributed by atoms with Crippen molar-refractivity contribution in [3.05, 3.63) is 35.5 Å². The van der Waals surface area contributed by atoms with E-state index >= 15 is 0 Å². The van der Waals surface area contributed by atoms with Gasteiger partial charge in [-0.05, 0) is 19.1 Å². The van der Waals surface area contributed by atoms with Gasteiger partial charge >= 0.3 is 5.97 Å². The molecule has 0 aliphatic carbocycles. The van der Waals surface area contributed by atoms with Gasteiger partial charge in [-0.1, -0.05) is 0 Å². The third-order valence-electron chi connectivity index (χ3n) is 2.84. The molecule has 2 aromatic rings. The van der Waals surface area contributed by atoms with Crippen LogP contribution in [0.5, 0.6) is 0 Å². The zero-order chi connectivity index (χ0) is 14.9. The summed E-state index contributed by atoms with van der Waals surface area (Å²) in [6.45, 7) is 1.86. The highest BCUT2D eigenvalue weighted by Crippen LogP contribution is 2.32. The summed E-state index contributed by atoms with van der Waals surface area (Å²) in [5, 5.41) is -0.0273. The van der Waals surface area contributed by atoms with Crippen LogP contribution in [-0.4, -0.2) is 31.7 Å². The minimum Gasteiger partial charge on any atom is -0.462 e. The largest absolute Gasteiger partial charge is 0.462 e. The second-order valence-corrected chi connectivity index (χ2v) is 4.39. The summed E-state index contributed by atoms with van der Waals surface area (Å²) in [6, 6.07) is 2.02. The van der Waals surface area contributed by atoms with Crippen molar-refractivity contribution in [1.82, 2.24) is 4.98 Å². The van der Waals surface area contributed by atoms with Crippen LogP contribution in [0.15, 0.2) is 18.3 Å². The molecule has 0 aliphatic rings. The van der Waals surface area contributed by atoms with Gasteiger partial charge in [0, 0.05) is 20.3 Å². The lowest BCUT2D eigenvalue weighted by Gasteiger charge is -2.19. The van der Waals surface area contributed by atoms with E-state index in [0.29, 0.717) is 0 Å². The van der Waals surface area contributed by atoms with Crippen molar-refractivity contribution in [3.63, 3.8) is 0 Å². The van der Waals surface area contributed by atoms with Crippen LogP contribution in [-0.2, 0) is 4.74 Å². The fourth-order valence-corrected chi connectivity index (χ4v) is 2.04. The molecule has 106 valence electrons. The first-order valence-electron chi connectivity index (χ1n) is 6.08. The number of carbonyl (C=O) groups excluding carboxylic acids is 1. The zero-order valence-electron chi connectivity index (χ0n) is 11.4. The lowest BCUT2D eigenvalue weighted by atomic mass is 10.1. The van der Waals surface area contributed by atoms with Crippen molar-refractivity contribution in [2.45, 2.75) is 6.92 Å². The van der Waals surface area contributed by atoms with Gasteiger partial charge in [0.15, 0.2) is 0 Å². The molecule has 0 radical (unpaired) electrons. The quantitative estimate of drug-likeness (QED) is 0.811. The standard InChI is InChI=1S/C14H14F2N2O2/c1-4-20-14(19)8-7-17-12-10(16)6-5-9(15)11(12)13(8)18(2)3/h5-7H,4H2,1-3H3. The predicted molar refractivity (Wildman–Crippen MR) is 71.9 cm³/mol. The number of carbonyl (C=O) groups is 1. The molecule has 0 unspecified atom stereocenters. The van der Waals surface area contributed by atoms with E-state index in [1.807, 2.05) is 0 Å². The first-order valence-corrected chi connectivity index (χ1v) is 6.08. The van der Waals surface area contributed by atoms with Crippen LogP contribution in [0.1, 0.15) is 17.3 Å². The van der Waals surface area contributed by atoms with Gasteiger partial charge < -0.3 is 9.64 Å². The molecule has 2 rings (SSSR count). The van der Waals surface area contributed by atoms with Crippen LogP contribution in [0.4, 0.5) is 14.5 Å². The number of esters is 1. The molecule has 0 fully saturated rings. The SMILES string of the molecule is CCOC(=O)c1cnc2c(F)ccc(F)c2c1N(C)C. The van der Waals surface area contributed by atoms with Crippen molar-refractivity contribution in [2.24, 2.45) is 0 Å². The van der Waals surface area contributed by atoms with E-state index in [0.717, 1.165) is 12.1 Å². The second-order valence-electron chi connectivity index (χ2n) is 4.39. The van der Waals surface area contributed by atoms with Crippen molar-refractivity contribution in [2.75, 3.05) is 25.6 Å². The molecule has 1 heterocycles. The average Bonchev–Trinajstić information content (AvgIpc) is 2.41. The highest BCUT2D eigenvalue weighted by atomic mass is 19.1. The van der Waals surface area contributed by atoms with Gasteiger partial charge in [0.1, 0.15) is 22.7 Å². The third kappa shape index (κ3) is 2.29. The summed E-state index contributed by atoms with van der Waals surface area (Å²) in [4.78, 5) is 17.3. The highest BCUT2D eigenvalue weighted by molar-refractivity contribution is 6.05. The Hall–Kier alpha value is -2.24. The molecule has 0 atom stereocenters. The molecule has 20 heavy (non-hydrogen) atoms. The van der Waals surface area contributed by atoms with E-state index < -0.39 is 17.6 Å². The van der Waals surface area contributed by atoms with Gasteiger partial charge in [-0.3, -0.25) is 4.98 Å². The van der Waals surface area contributed by atoms with E-state index in [4.69, 9.17) is 4.74 Å². The number of halogens is 2. The van der Waals surface area contributed by atoms with Gasteiger partial charge in [-0.2, -0.15) is 0 Å². The Morgan fingerprint density at radius 2 is 1.95 bits per heavy atom. The van der Waals surface area contributed by atoms with Crippen LogP contribution < -0.4 is 4.90 Å². The number of fused-ring (bicyclic) bond motifs is 1. The topological polar surface area (TPSA) is 42.4 Å². The fourth-order valence-electron chi connectivity index (χ4n) is 2.04. The predicted octanol–water partition coefficient (Wildman–Crippen LogP) is 2.76. The molecule has 0 amide bonds. The smallest absolute Gasteiger partial charge is 0.341 e. The van der Waals surface area contributed by atoms with E-state index in [1.54, 1.807) is 25.9 Å². The van der Waals surface area contributed by atoms with Crippen LogP contribution in [0, 0.1) is 11.6 Å². The van der Waals surface area contributed by atoms with Gasteiger partial charge in [-0.15, -0.1) is 0 Å². The Morgan fingerprint density at radius 1 is 1.30 bits per heavy atom. The summed E-state index contributed by atoms with van der Waals surface area (Å²) in [6.07, 6.45) is 1.21. The number of rotatable bonds is 3. The molecule has 0 saturated heterocycles. The summed E-state index contributed by atoms with van der Waals surface area (Å²) in [5.41, 5.74) is 0.251. The number of benzene rings is 1. The average molecular weight is 280 g/mol. The van der Waals surface area contributed by atoms with Gasteiger partial charge in [0.25, 0.3) is 0 Å². The minimum absolute atomic E-state index is 0.0273. The second kappa shape index (κ2) is 5.40. The minimum atomic E-state index is -0.639. The van der Waals surface area contributed by atoms with E-state index in [2.05, 4.69) is 4.98 Å². The lowest BCUT2D eigenvalue weighted by Crippen LogP contribution is -2.17. The van der Waals surface area contributed by atoms with Crippen LogP contribution >= 0.6 is 0 Å². The van der Waals surface area contributed by atoms with Crippen LogP contribution in [0.2, 0.25) is 0 Å². The molecular weight excluding hydrogens is 266 g/mol. The number of anilines is 1. The maximum absolute atomic E-state index is 14.0. The van der Waals surface area contributed by atoms with Gasteiger partial charge in [-0.25, -0.2) is 13.6 Å². The molecule has 0 spiro atoms. The lowest BCUT2D eigenvalue weighted by molar-refractivity contribution is 0.0527. The summed E-state index contributed by atoms with van der Waals surface area (Å²) >= 11 is 0. The number of ether oxygens (including phenoxy) is 1. The maximum atomic E-state index is 14.0. The van der Waals surface area contributed by atoms with E-state index in [9.17, 15) is 13.6 Å². The van der Waals surface area contributed by atoms with Crippen molar-refractivity contribution in [1.29, 1.82) is 0 Å². The van der Waals surface area contributed by atoms with Crippen molar-refractivity contribution in [3.8, 4) is 0 Å². The molecular formula is C14H14F2N2O2. The van der Waals surface area contributed by atoms with Crippen LogP contribution in [0.25, 0.3) is 10.9 Å². The Balaban J connectivity index is 2.82. The molecule has 0 bridgehead atoms. The highest BCUT2D eigenvalue weighted by Gasteiger charge is 2.21. The van der Waals surface area contributed by atoms with Crippen molar-refractivity contribution >= 4 is 22.6 Å². The van der Waals surface area contributed by atoms with Gasteiger partial charge in [0.05, 0.1) is 17.7 Å². The first-order chi connectivity index (χ1) is 9.47. The molecule has 4 nitrogen and oxygen atoms in total. The number of nitrogens with zero attached hydrogens (tertiary/aromatic N) is 2. The number of pyridine rings is 1. The van der Waals surface area contributed by atoms with Crippen LogP contribution in [0.3, 0.4) is 0 Å². The molecule has 1 aromatic heterocycles. The zero-order valence-corrected chi connectivity index (χ0v) is 11.4. The Morgan fingerprint density at radius 3 is 2.55 bits per heavy atom. The summed E-state index contributed by atoms with van der Waals surface area (Å²) in [7, 11) is 3.28. The fraction of sp³-hybridized carbons (Fsp3) is 0.286. The molecule has 6 heteroatoms.